The topological polar surface area (TPSA) is 51.5 Å². The third kappa shape index (κ3) is 3.19. The first kappa shape index (κ1) is 15.9. The second-order valence-electron chi connectivity index (χ2n) is 5.15. The maximum atomic E-state index is 12.5. The van der Waals surface area contributed by atoms with Crippen molar-refractivity contribution in [2.45, 2.75) is 12.9 Å². The molecule has 0 aliphatic heterocycles. The molecule has 1 N–H and O–H groups in total. The summed E-state index contributed by atoms with van der Waals surface area (Å²) in [4.78, 5) is 11.3. The summed E-state index contributed by atoms with van der Waals surface area (Å²) in [5.74, 6) is -1.40. The summed E-state index contributed by atoms with van der Waals surface area (Å²) in [7, 11) is 0. The van der Waals surface area contributed by atoms with Crippen molar-refractivity contribution in [3.63, 3.8) is 0 Å². The fraction of sp³-hybridized carbons (Fsp3) is 0.118. The number of hydrogen-bond acceptors (Lipinski definition) is 2. The molecule has 0 fully saturated rings. The molecule has 3 rings (SSSR count). The number of fused-ring (bicyclic) bond motifs is 1. The van der Waals surface area contributed by atoms with E-state index in [4.69, 9.17) is 0 Å². The van der Waals surface area contributed by atoms with Gasteiger partial charge in [-0.3, -0.25) is 0 Å². The Kier molecular flexibility index (Phi) is 3.92. The maximum absolute atomic E-state index is 12.5. The molecule has 1 aromatic heterocycles. The van der Waals surface area contributed by atoms with Crippen LogP contribution in [0, 0.1) is 0 Å². The van der Waals surface area contributed by atoms with Crippen molar-refractivity contribution in [2.75, 3.05) is 0 Å². The molecule has 3 aromatic rings. The quantitative estimate of drug-likeness (QED) is 0.774. The summed E-state index contributed by atoms with van der Waals surface area (Å²) in [5, 5.41) is 9.81. The predicted octanol–water partition coefficient (Wildman–Crippen LogP) is 4.29. The highest BCUT2D eigenvalue weighted by Crippen LogP contribution is 2.29. The van der Waals surface area contributed by atoms with Crippen LogP contribution in [0.15, 0.2) is 54.7 Å². The van der Waals surface area contributed by atoms with Gasteiger partial charge in [-0.25, -0.2) is 4.79 Å². The molecular formula is C17H12F3NO3. The molecule has 0 bridgehead atoms. The molecule has 0 saturated carbocycles. The van der Waals surface area contributed by atoms with Crippen LogP contribution in [0.2, 0.25) is 0 Å². The number of ether oxygens (including phenoxy) is 1. The van der Waals surface area contributed by atoms with Gasteiger partial charge in [0.1, 0.15) is 5.75 Å². The summed E-state index contributed by atoms with van der Waals surface area (Å²) in [6, 6.07) is 12.6. The zero-order valence-electron chi connectivity index (χ0n) is 12.2. The van der Waals surface area contributed by atoms with Crippen LogP contribution >= 0.6 is 0 Å². The van der Waals surface area contributed by atoms with Crippen LogP contribution in [-0.4, -0.2) is 22.0 Å². The van der Waals surface area contributed by atoms with E-state index in [2.05, 4.69) is 4.74 Å². The molecule has 0 aliphatic carbocycles. The lowest BCUT2D eigenvalue weighted by Crippen LogP contribution is -2.18. The second-order valence-corrected chi connectivity index (χ2v) is 5.15. The fourth-order valence-electron chi connectivity index (χ4n) is 2.59. The van der Waals surface area contributed by atoms with Gasteiger partial charge >= 0.3 is 12.3 Å². The van der Waals surface area contributed by atoms with Gasteiger partial charge in [0, 0.05) is 22.7 Å². The molecule has 1 heterocycles. The number of carbonyl (C=O) groups is 1. The van der Waals surface area contributed by atoms with E-state index in [9.17, 15) is 23.1 Å². The smallest absolute Gasteiger partial charge is 0.478 e. The van der Waals surface area contributed by atoms with Gasteiger partial charge in [0.15, 0.2) is 0 Å². The summed E-state index contributed by atoms with van der Waals surface area (Å²) in [6.45, 7) is 0.0556. The lowest BCUT2D eigenvalue weighted by molar-refractivity contribution is -0.274. The Morgan fingerprint density at radius 2 is 1.75 bits per heavy atom. The number of alkyl halides is 3. The minimum atomic E-state index is -4.79. The standard InChI is InChI=1S/C17H12F3NO3/c18-17(19,20)24-15-8-4-1-5-11(15)9-21-10-13(16(22)23)12-6-2-3-7-14(12)21/h1-8,10H,9H2,(H,22,23). The lowest BCUT2D eigenvalue weighted by Gasteiger charge is -2.14. The first-order chi connectivity index (χ1) is 11.3. The van der Waals surface area contributed by atoms with Crippen molar-refractivity contribution in [3.05, 3.63) is 65.9 Å². The minimum absolute atomic E-state index is 0.0556. The summed E-state index contributed by atoms with van der Waals surface area (Å²) >= 11 is 0. The van der Waals surface area contributed by atoms with E-state index >= 15 is 0 Å². The van der Waals surface area contributed by atoms with Crippen molar-refractivity contribution in [1.82, 2.24) is 4.57 Å². The molecule has 0 spiro atoms. The fourth-order valence-corrected chi connectivity index (χ4v) is 2.59. The number of halogens is 3. The third-order valence-electron chi connectivity index (χ3n) is 3.56. The molecule has 7 heteroatoms. The zero-order chi connectivity index (χ0) is 17.3. The molecule has 0 unspecified atom stereocenters. The van der Waals surface area contributed by atoms with Crippen LogP contribution in [0.1, 0.15) is 15.9 Å². The van der Waals surface area contributed by atoms with Crippen molar-refractivity contribution < 1.29 is 27.8 Å². The Bertz CT molecular complexity index is 899. The van der Waals surface area contributed by atoms with Crippen LogP contribution in [-0.2, 0) is 6.54 Å². The van der Waals surface area contributed by atoms with Crippen molar-refractivity contribution in [2.24, 2.45) is 0 Å². The summed E-state index contributed by atoms with van der Waals surface area (Å²) < 4.78 is 43.2. The van der Waals surface area contributed by atoms with E-state index in [1.165, 1.54) is 24.4 Å². The van der Waals surface area contributed by atoms with E-state index in [-0.39, 0.29) is 17.9 Å². The molecule has 24 heavy (non-hydrogen) atoms. The van der Waals surface area contributed by atoms with Crippen LogP contribution < -0.4 is 4.74 Å². The Balaban J connectivity index is 2.04. The average molecular weight is 335 g/mol. The number of benzene rings is 2. The number of nitrogens with zero attached hydrogens (tertiary/aromatic N) is 1. The number of aromatic carboxylic acids is 1. The molecule has 0 radical (unpaired) electrons. The van der Waals surface area contributed by atoms with Crippen LogP contribution in [0.25, 0.3) is 10.9 Å². The number of rotatable bonds is 4. The first-order valence-electron chi connectivity index (χ1n) is 7.00. The van der Waals surface area contributed by atoms with Gasteiger partial charge in [0.2, 0.25) is 0 Å². The number of carboxylic acid groups (broad SMARTS) is 1. The molecule has 124 valence electrons. The molecule has 0 saturated heterocycles. The number of hydrogen-bond donors (Lipinski definition) is 1. The van der Waals surface area contributed by atoms with Gasteiger partial charge in [-0.05, 0) is 12.1 Å². The van der Waals surface area contributed by atoms with Gasteiger partial charge in [0.25, 0.3) is 0 Å². The Morgan fingerprint density at radius 1 is 1.08 bits per heavy atom. The molecule has 2 aromatic carbocycles. The van der Waals surface area contributed by atoms with Crippen LogP contribution in [0.3, 0.4) is 0 Å². The lowest BCUT2D eigenvalue weighted by atomic mass is 10.2. The van der Waals surface area contributed by atoms with Crippen LogP contribution in [0.4, 0.5) is 13.2 Å². The SMILES string of the molecule is O=C(O)c1cn(Cc2ccccc2OC(F)(F)F)c2ccccc12. The normalized spacial score (nSPS) is 11.6. The van der Waals surface area contributed by atoms with E-state index < -0.39 is 12.3 Å². The highest BCUT2D eigenvalue weighted by molar-refractivity contribution is 6.03. The first-order valence-corrected chi connectivity index (χ1v) is 7.00. The molecule has 0 atom stereocenters. The molecule has 4 nitrogen and oxygen atoms in total. The van der Waals surface area contributed by atoms with Crippen molar-refractivity contribution in [1.29, 1.82) is 0 Å². The number of para-hydroxylation sites is 2. The summed E-state index contributed by atoms with van der Waals surface area (Å²) in [5.41, 5.74) is 1.02. The Labute approximate surface area is 134 Å². The van der Waals surface area contributed by atoms with Gasteiger partial charge < -0.3 is 14.4 Å². The van der Waals surface area contributed by atoms with E-state index in [0.29, 0.717) is 16.5 Å². The van der Waals surface area contributed by atoms with Gasteiger partial charge in [-0.15, -0.1) is 13.2 Å². The molecule has 0 aliphatic rings. The Hall–Kier alpha value is -2.96. The second kappa shape index (κ2) is 5.92. The average Bonchev–Trinajstić information content (AvgIpc) is 2.87. The molecular weight excluding hydrogens is 323 g/mol. The van der Waals surface area contributed by atoms with Gasteiger partial charge in [-0.2, -0.15) is 0 Å². The third-order valence-corrected chi connectivity index (χ3v) is 3.56. The molecule has 0 amide bonds. The summed E-state index contributed by atoms with van der Waals surface area (Å²) in [6.07, 6.45) is -3.38. The van der Waals surface area contributed by atoms with Crippen molar-refractivity contribution >= 4 is 16.9 Å². The van der Waals surface area contributed by atoms with E-state index in [1.807, 2.05) is 0 Å². The van der Waals surface area contributed by atoms with Crippen LogP contribution in [0.5, 0.6) is 5.75 Å². The van der Waals surface area contributed by atoms with Gasteiger partial charge in [-0.1, -0.05) is 36.4 Å². The highest BCUT2D eigenvalue weighted by atomic mass is 19.4. The van der Waals surface area contributed by atoms with E-state index in [0.717, 1.165) is 0 Å². The monoisotopic (exact) mass is 335 g/mol. The van der Waals surface area contributed by atoms with Gasteiger partial charge in [0.05, 0.1) is 12.1 Å². The van der Waals surface area contributed by atoms with E-state index in [1.54, 1.807) is 34.9 Å². The minimum Gasteiger partial charge on any atom is -0.478 e. The highest BCUT2D eigenvalue weighted by Gasteiger charge is 2.32. The Morgan fingerprint density at radius 3 is 2.46 bits per heavy atom. The van der Waals surface area contributed by atoms with Crippen molar-refractivity contribution in [3.8, 4) is 5.75 Å². The largest absolute Gasteiger partial charge is 0.573 e. The maximum Gasteiger partial charge on any atom is 0.573 e. The predicted molar refractivity (Wildman–Crippen MR) is 81.1 cm³/mol. The number of aromatic nitrogens is 1. The number of carboxylic acids is 1. The zero-order valence-corrected chi connectivity index (χ0v) is 12.2.